The van der Waals surface area contributed by atoms with Crippen molar-refractivity contribution >= 4 is 19.7 Å². The van der Waals surface area contributed by atoms with E-state index in [4.69, 9.17) is 0 Å². The summed E-state index contributed by atoms with van der Waals surface area (Å²) in [6.45, 7) is 1.11. The second-order valence-corrected chi connectivity index (χ2v) is 9.84. The maximum Gasteiger partial charge on any atom is 0.178 e. The highest BCUT2D eigenvalue weighted by atomic mass is 32.2. The lowest BCUT2D eigenvalue weighted by molar-refractivity contribution is 0.112. The van der Waals surface area contributed by atoms with Crippen LogP contribution in [0.2, 0.25) is 0 Å². The Morgan fingerprint density at radius 3 is 2.05 bits per heavy atom. The second-order valence-electron chi connectivity index (χ2n) is 5.71. The van der Waals surface area contributed by atoms with Gasteiger partial charge in [0.15, 0.2) is 19.7 Å². The van der Waals surface area contributed by atoms with Gasteiger partial charge in [-0.3, -0.25) is 0 Å². The topological polar surface area (TPSA) is 80.3 Å². The van der Waals surface area contributed by atoms with E-state index >= 15 is 0 Å². The van der Waals surface area contributed by atoms with Crippen molar-refractivity contribution in [3.63, 3.8) is 0 Å². The fraction of sp³-hybridized carbons (Fsp3) is 0.571. The first kappa shape index (κ1) is 17.4. The molecule has 1 heterocycles. The van der Waals surface area contributed by atoms with Crippen molar-refractivity contribution in [2.75, 3.05) is 25.1 Å². The Labute approximate surface area is 130 Å². The number of nitrogens with one attached hydrogen (secondary N) is 1. The molecule has 124 valence electrons. The Balaban J connectivity index is 2.10. The van der Waals surface area contributed by atoms with Crippen LogP contribution in [-0.2, 0) is 19.7 Å². The molecule has 0 aromatic heterocycles. The fourth-order valence-corrected chi connectivity index (χ4v) is 4.51. The van der Waals surface area contributed by atoms with Crippen molar-refractivity contribution in [1.29, 1.82) is 0 Å². The Morgan fingerprint density at radius 2 is 1.55 bits per heavy atom. The third kappa shape index (κ3) is 4.27. The van der Waals surface area contributed by atoms with Gasteiger partial charge in [0.1, 0.15) is 5.67 Å². The molecule has 1 aliphatic rings. The normalized spacial score (nSPS) is 19.0. The minimum atomic E-state index is -3.62. The number of sulfone groups is 2. The molecule has 1 aliphatic heterocycles. The Hall–Kier alpha value is -0.990. The summed E-state index contributed by atoms with van der Waals surface area (Å²) in [6, 6.07) is 5.05. The van der Waals surface area contributed by atoms with E-state index in [2.05, 4.69) is 5.32 Å². The SMILES string of the molecule is CS(=O)(=O)c1ccc(S(=O)(=O)CCC2(F)CCNCC2)cc1. The molecule has 1 aromatic rings. The molecule has 1 saturated heterocycles. The largest absolute Gasteiger partial charge is 0.316 e. The predicted molar refractivity (Wildman–Crippen MR) is 82.2 cm³/mol. The molecule has 8 heteroatoms. The van der Waals surface area contributed by atoms with Crippen LogP contribution in [0.5, 0.6) is 0 Å². The summed E-state index contributed by atoms with van der Waals surface area (Å²) in [7, 11) is -6.98. The van der Waals surface area contributed by atoms with Crippen molar-refractivity contribution in [3.8, 4) is 0 Å². The summed E-state index contributed by atoms with van der Waals surface area (Å²) in [5.74, 6) is -0.276. The molecular weight excluding hydrogens is 329 g/mol. The first-order valence-electron chi connectivity index (χ1n) is 7.05. The maximum atomic E-state index is 14.5. The van der Waals surface area contributed by atoms with Crippen LogP contribution in [0.3, 0.4) is 0 Å². The lowest BCUT2D eigenvalue weighted by atomic mass is 9.92. The van der Waals surface area contributed by atoms with Gasteiger partial charge in [-0.05, 0) is 56.6 Å². The van der Waals surface area contributed by atoms with Crippen molar-refractivity contribution in [3.05, 3.63) is 24.3 Å². The van der Waals surface area contributed by atoms with E-state index in [1.807, 2.05) is 0 Å². The van der Waals surface area contributed by atoms with E-state index in [0.29, 0.717) is 25.9 Å². The maximum absolute atomic E-state index is 14.5. The first-order chi connectivity index (χ1) is 10.1. The van der Waals surface area contributed by atoms with Gasteiger partial charge in [-0.15, -0.1) is 0 Å². The molecule has 0 spiro atoms. The molecule has 0 aliphatic carbocycles. The van der Waals surface area contributed by atoms with Gasteiger partial charge in [0.2, 0.25) is 0 Å². The number of halogens is 1. The highest BCUT2D eigenvalue weighted by molar-refractivity contribution is 7.91. The van der Waals surface area contributed by atoms with Crippen LogP contribution in [0.4, 0.5) is 4.39 Å². The van der Waals surface area contributed by atoms with Crippen molar-refractivity contribution in [2.24, 2.45) is 0 Å². The standard InChI is InChI=1S/C14H20FNO4S2/c1-21(17,18)12-2-4-13(5-3-12)22(19,20)11-8-14(15)6-9-16-10-7-14/h2-5,16H,6-11H2,1H3. The molecule has 0 saturated carbocycles. The molecule has 0 amide bonds. The van der Waals surface area contributed by atoms with Crippen LogP contribution in [0.15, 0.2) is 34.1 Å². The average Bonchev–Trinajstić information content (AvgIpc) is 2.46. The van der Waals surface area contributed by atoms with Gasteiger partial charge in [-0.1, -0.05) is 0 Å². The number of hydrogen-bond donors (Lipinski definition) is 1. The summed E-state index contributed by atoms with van der Waals surface area (Å²) in [4.78, 5) is 0.0872. The molecule has 0 radical (unpaired) electrons. The molecular formula is C14H20FNO4S2. The number of piperidine rings is 1. The summed E-state index contributed by atoms with van der Waals surface area (Å²) < 4.78 is 61.7. The minimum absolute atomic E-state index is 0.0254. The zero-order valence-corrected chi connectivity index (χ0v) is 14.0. The Kier molecular flexibility index (Phi) is 4.93. The number of rotatable bonds is 5. The quantitative estimate of drug-likeness (QED) is 0.868. The van der Waals surface area contributed by atoms with Crippen LogP contribution < -0.4 is 5.32 Å². The zero-order valence-electron chi connectivity index (χ0n) is 12.4. The molecule has 0 bridgehead atoms. The van der Waals surface area contributed by atoms with Crippen molar-refractivity contribution in [2.45, 2.75) is 34.7 Å². The van der Waals surface area contributed by atoms with Gasteiger partial charge in [0.05, 0.1) is 15.5 Å². The summed E-state index contributed by atoms with van der Waals surface area (Å²) in [5.41, 5.74) is -1.44. The van der Waals surface area contributed by atoms with Gasteiger partial charge < -0.3 is 5.32 Å². The minimum Gasteiger partial charge on any atom is -0.316 e. The molecule has 1 N–H and O–H groups in total. The lowest BCUT2D eigenvalue weighted by Gasteiger charge is -2.29. The molecule has 2 rings (SSSR count). The highest BCUT2D eigenvalue weighted by Gasteiger charge is 2.33. The lowest BCUT2D eigenvalue weighted by Crippen LogP contribution is -2.39. The van der Waals surface area contributed by atoms with E-state index in [-0.39, 0.29) is 22.0 Å². The van der Waals surface area contributed by atoms with E-state index in [1.165, 1.54) is 24.3 Å². The predicted octanol–water partition coefficient (Wildman–Crippen LogP) is 1.35. The van der Waals surface area contributed by atoms with E-state index in [9.17, 15) is 21.2 Å². The van der Waals surface area contributed by atoms with Crippen LogP contribution in [0.25, 0.3) is 0 Å². The van der Waals surface area contributed by atoms with E-state index in [0.717, 1.165) is 6.26 Å². The van der Waals surface area contributed by atoms with Crippen LogP contribution >= 0.6 is 0 Å². The molecule has 5 nitrogen and oxygen atoms in total. The third-order valence-electron chi connectivity index (χ3n) is 3.93. The number of hydrogen-bond acceptors (Lipinski definition) is 5. The van der Waals surface area contributed by atoms with Gasteiger partial charge in [-0.2, -0.15) is 0 Å². The first-order valence-corrected chi connectivity index (χ1v) is 10.6. The zero-order chi connectivity index (χ0) is 16.4. The number of benzene rings is 1. The summed E-state index contributed by atoms with van der Waals surface area (Å²) in [6.07, 6.45) is 1.65. The molecule has 22 heavy (non-hydrogen) atoms. The molecule has 0 atom stereocenters. The fourth-order valence-electron chi connectivity index (χ4n) is 2.45. The van der Waals surface area contributed by atoms with Crippen LogP contribution in [0.1, 0.15) is 19.3 Å². The van der Waals surface area contributed by atoms with Gasteiger partial charge in [0.25, 0.3) is 0 Å². The van der Waals surface area contributed by atoms with Gasteiger partial charge >= 0.3 is 0 Å². The van der Waals surface area contributed by atoms with Gasteiger partial charge in [0, 0.05) is 6.26 Å². The van der Waals surface area contributed by atoms with Crippen LogP contribution in [-0.4, -0.2) is 47.6 Å². The van der Waals surface area contributed by atoms with Crippen molar-refractivity contribution in [1.82, 2.24) is 5.32 Å². The second kappa shape index (κ2) is 6.25. The summed E-state index contributed by atoms with van der Waals surface area (Å²) >= 11 is 0. The van der Waals surface area contributed by atoms with Gasteiger partial charge in [-0.25, -0.2) is 21.2 Å². The van der Waals surface area contributed by atoms with Crippen molar-refractivity contribution < 1.29 is 21.2 Å². The highest BCUT2D eigenvalue weighted by Crippen LogP contribution is 2.28. The monoisotopic (exact) mass is 349 g/mol. The third-order valence-corrected chi connectivity index (χ3v) is 6.79. The number of alkyl halides is 1. The van der Waals surface area contributed by atoms with E-state index < -0.39 is 25.3 Å². The Bertz CT molecular complexity index is 721. The molecule has 1 aromatic carbocycles. The molecule has 0 unspecified atom stereocenters. The smallest absolute Gasteiger partial charge is 0.178 e. The van der Waals surface area contributed by atoms with Crippen LogP contribution in [0, 0.1) is 0 Å². The average molecular weight is 349 g/mol. The molecule has 1 fully saturated rings. The van der Waals surface area contributed by atoms with E-state index in [1.54, 1.807) is 0 Å². The Morgan fingerprint density at radius 1 is 1.05 bits per heavy atom. The summed E-state index contributed by atoms with van der Waals surface area (Å²) in [5, 5.41) is 3.04.